The Labute approximate surface area is 141 Å². The van der Waals surface area contributed by atoms with Crippen molar-refractivity contribution in [2.45, 2.75) is 31.5 Å². The van der Waals surface area contributed by atoms with Crippen LogP contribution in [0.5, 0.6) is 17.4 Å². The maximum Gasteiger partial charge on any atom is 0.231 e. The molecule has 24 heavy (non-hydrogen) atoms. The SMILES string of the molecule is c1ccc(O[C@@H]2[C@H]3CC[C@H]2N(Cc2ccc4c(c2)OCO4)C3)nc1. The highest BCUT2D eigenvalue weighted by molar-refractivity contribution is 5.44. The van der Waals surface area contributed by atoms with Crippen LogP contribution in [0.2, 0.25) is 0 Å². The third-order valence-corrected chi connectivity index (χ3v) is 5.33. The molecule has 2 aromatic rings. The lowest BCUT2D eigenvalue weighted by molar-refractivity contribution is 0.137. The number of likely N-dealkylation sites (tertiary alicyclic amines) is 1. The molecule has 3 atom stereocenters. The van der Waals surface area contributed by atoms with Crippen molar-refractivity contribution in [3.63, 3.8) is 0 Å². The van der Waals surface area contributed by atoms with Crippen molar-refractivity contribution in [1.82, 2.24) is 9.88 Å². The van der Waals surface area contributed by atoms with E-state index in [4.69, 9.17) is 14.2 Å². The minimum atomic E-state index is 0.258. The number of piperidine rings is 1. The molecular weight excluding hydrogens is 304 g/mol. The molecule has 5 nitrogen and oxygen atoms in total. The van der Waals surface area contributed by atoms with Crippen LogP contribution in [-0.4, -0.2) is 35.4 Å². The number of rotatable bonds is 4. The zero-order valence-electron chi connectivity index (χ0n) is 13.4. The minimum absolute atomic E-state index is 0.258. The number of benzene rings is 1. The molecule has 1 saturated carbocycles. The molecule has 1 aromatic carbocycles. The second-order valence-corrected chi connectivity index (χ2v) is 6.77. The highest BCUT2D eigenvalue weighted by atomic mass is 16.7. The number of nitrogens with zero attached hydrogens (tertiary/aromatic N) is 2. The van der Waals surface area contributed by atoms with Crippen LogP contribution in [0.3, 0.4) is 0 Å². The molecule has 1 aromatic heterocycles. The van der Waals surface area contributed by atoms with Crippen molar-refractivity contribution in [2.24, 2.45) is 5.92 Å². The van der Waals surface area contributed by atoms with E-state index >= 15 is 0 Å². The zero-order valence-corrected chi connectivity index (χ0v) is 13.4. The molecule has 5 rings (SSSR count). The van der Waals surface area contributed by atoms with Crippen LogP contribution in [0.15, 0.2) is 42.6 Å². The third kappa shape index (κ3) is 2.40. The van der Waals surface area contributed by atoms with Gasteiger partial charge in [-0.3, -0.25) is 4.90 Å². The lowest BCUT2D eigenvalue weighted by Gasteiger charge is -2.27. The second-order valence-electron chi connectivity index (χ2n) is 6.77. The number of fused-ring (bicyclic) bond motifs is 3. The van der Waals surface area contributed by atoms with E-state index in [-0.39, 0.29) is 6.10 Å². The van der Waals surface area contributed by atoms with Gasteiger partial charge in [-0.15, -0.1) is 0 Å². The van der Waals surface area contributed by atoms with Crippen LogP contribution in [0.25, 0.3) is 0 Å². The quantitative estimate of drug-likeness (QED) is 0.865. The van der Waals surface area contributed by atoms with Gasteiger partial charge >= 0.3 is 0 Å². The van der Waals surface area contributed by atoms with Crippen LogP contribution >= 0.6 is 0 Å². The molecule has 0 radical (unpaired) electrons. The van der Waals surface area contributed by atoms with Crippen molar-refractivity contribution < 1.29 is 14.2 Å². The molecule has 5 heteroatoms. The number of hydrogen-bond donors (Lipinski definition) is 0. The van der Waals surface area contributed by atoms with Gasteiger partial charge in [-0.1, -0.05) is 12.1 Å². The van der Waals surface area contributed by atoms with Gasteiger partial charge < -0.3 is 14.2 Å². The number of ether oxygens (including phenoxy) is 3. The lowest BCUT2D eigenvalue weighted by Crippen LogP contribution is -2.35. The van der Waals surface area contributed by atoms with Gasteiger partial charge in [0.15, 0.2) is 11.5 Å². The van der Waals surface area contributed by atoms with Crippen molar-refractivity contribution in [1.29, 1.82) is 0 Å². The number of aromatic nitrogens is 1. The predicted molar refractivity (Wildman–Crippen MR) is 88.1 cm³/mol. The third-order valence-electron chi connectivity index (χ3n) is 5.33. The average Bonchev–Trinajstić information content (AvgIpc) is 3.30. The van der Waals surface area contributed by atoms with Crippen molar-refractivity contribution in [3.05, 3.63) is 48.2 Å². The van der Waals surface area contributed by atoms with Gasteiger partial charge in [-0.25, -0.2) is 4.98 Å². The average molecular weight is 324 g/mol. The summed E-state index contributed by atoms with van der Waals surface area (Å²) < 4.78 is 17.1. The first-order chi connectivity index (χ1) is 11.9. The van der Waals surface area contributed by atoms with E-state index in [1.54, 1.807) is 6.20 Å². The summed E-state index contributed by atoms with van der Waals surface area (Å²) in [5.74, 6) is 3.05. The Bertz CT molecular complexity index is 737. The highest BCUT2D eigenvalue weighted by Crippen LogP contribution is 2.41. The summed E-state index contributed by atoms with van der Waals surface area (Å²) in [6.45, 7) is 2.35. The van der Waals surface area contributed by atoms with E-state index in [1.165, 1.54) is 18.4 Å². The van der Waals surface area contributed by atoms with E-state index in [1.807, 2.05) is 24.3 Å². The van der Waals surface area contributed by atoms with Gasteiger partial charge in [0.2, 0.25) is 12.7 Å². The second kappa shape index (κ2) is 5.67. The molecule has 3 aliphatic rings. The van der Waals surface area contributed by atoms with Gasteiger partial charge in [0.05, 0.1) is 0 Å². The topological polar surface area (TPSA) is 43.8 Å². The molecule has 0 spiro atoms. The zero-order chi connectivity index (χ0) is 15.9. The van der Waals surface area contributed by atoms with E-state index in [9.17, 15) is 0 Å². The van der Waals surface area contributed by atoms with Gasteiger partial charge in [0, 0.05) is 37.3 Å². The summed E-state index contributed by atoms with van der Waals surface area (Å²) in [5.41, 5.74) is 1.27. The normalized spacial score (nSPS) is 27.6. The molecule has 2 fully saturated rings. The smallest absolute Gasteiger partial charge is 0.231 e. The van der Waals surface area contributed by atoms with Crippen LogP contribution in [0, 0.1) is 5.92 Å². The van der Waals surface area contributed by atoms with Gasteiger partial charge in [0.1, 0.15) is 6.10 Å². The molecule has 1 aliphatic carbocycles. The molecule has 1 saturated heterocycles. The van der Waals surface area contributed by atoms with Crippen LogP contribution in [-0.2, 0) is 6.54 Å². The first-order valence-electron chi connectivity index (χ1n) is 8.57. The molecule has 3 heterocycles. The predicted octanol–water partition coefficient (Wildman–Crippen LogP) is 2.85. The first-order valence-corrected chi connectivity index (χ1v) is 8.57. The largest absolute Gasteiger partial charge is 0.472 e. The van der Waals surface area contributed by atoms with Gasteiger partial charge in [-0.2, -0.15) is 0 Å². The monoisotopic (exact) mass is 324 g/mol. The fourth-order valence-corrected chi connectivity index (χ4v) is 4.24. The Morgan fingerprint density at radius 3 is 3.00 bits per heavy atom. The van der Waals surface area contributed by atoms with E-state index in [2.05, 4.69) is 22.0 Å². The fourth-order valence-electron chi connectivity index (χ4n) is 4.24. The fraction of sp³-hybridized carbons (Fsp3) is 0.421. The standard InChI is InChI=1S/C19H20N2O3/c1-2-8-20-18(3-1)24-19-14-5-6-15(19)21(11-14)10-13-4-7-16-17(9-13)23-12-22-16/h1-4,7-9,14-15,19H,5-6,10-12H2/t14-,15+,19+/m0/s1. The van der Waals surface area contributed by atoms with E-state index in [0.29, 0.717) is 18.8 Å². The maximum atomic E-state index is 6.21. The van der Waals surface area contributed by atoms with Gasteiger partial charge in [0.25, 0.3) is 0 Å². The molecule has 124 valence electrons. The Balaban J connectivity index is 1.30. The molecule has 0 unspecified atom stereocenters. The number of hydrogen-bond acceptors (Lipinski definition) is 5. The van der Waals surface area contributed by atoms with E-state index < -0.39 is 0 Å². The summed E-state index contributed by atoms with van der Waals surface area (Å²) >= 11 is 0. The molecule has 0 N–H and O–H groups in total. The van der Waals surface area contributed by atoms with Crippen molar-refractivity contribution in [3.8, 4) is 17.4 Å². The van der Waals surface area contributed by atoms with Crippen LogP contribution < -0.4 is 14.2 Å². The van der Waals surface area contributed by atoms with Crippen molar-refractivity contribution >= 4 is 0 Å². The maximum absolute atomic E-state index is 6.21. The summed E-state index contributed by atoms with van der Waals surface area (Å²) in [6, 6.07) is 12.6. The Morgan fingerprint density at radius 1 is 1.12 bits per heavy atom. The number of pyridine rings is 1. The molecule has 2 aliphatic heterocycles. The van der Waals surface area contributed by atoms with Gasteiger partial charge in [-0.05, 0) is 36.6 Å². The lowest BCUT2D eigenvalue weighted by atomic mass is 10.1. The van der Waals surface area contributed by atoms with Crippen LogP contribution in [0.1, 0.15) is 18.4 Å². The summed E-state index contributed by atoms with van der Waals surface area (Å²) in [5, 5.41) is 0. The van der Waals surface area contributed by atoms with Crippen molar-refractivity contribution in [2.75, 3.05) is 13.3 Å². The summed E-state index contributed by atoms with van der Waals surface area (Å²) in [6.07, 6.45) is 4.50. The van der Waals surface area contributed by atoms with E-state index in [0.717, 1.165) is 30.5 Å². The summed E-state index contributed by atoms with van der Waals surface area (Å²) in [4.78, 5) is 6.86. The Morgan fingerprint density at radius 2 is 2.08 bits per heavy atom. The molecule has 0 amide bonds. The first kappa shape index (κ1) is 14.1. The minimum Gasteiger partial charge on any atom is -0.472 e. The molecular formula is C19H20N2O3. The Hall–Kier alpha value is -2.27. The van der Waals surface area contributed by atoms with Crippen LogP contribution in [0.4, 0.5) is 0 Å². The molecule has 2 bridgehead atoms. The highest BCUT2D eigenvalue weighted by Gasteiger charge is 2.48. The summed E-state index contributed by atoms with van der Waals surface area (Å²) in [7, 11) is 0. The Kier molecular flexibility index (Phi) is 3.33.